The highest BCUT2D eigenvalue weighted by Crippen LogP contribution is 2.25. The van der Waals surface area contributed by atoms with Gasteiger partial charge in [0.2, 0.25) is 0 Å². The van der Waals surface area contributed by atoms with Crippen molar-refractivity contribution in [2.24, 2.45) is 5.92 Å². The fourth-order valence-corrected chi connectivity index (χ4v) is 2.39. The quantitative estimate of drug-likeness (QED) is 0.633. The van der Waals surface area contributed by atoms with Crippen molar-refractivity contribution in [2.75, 3.05) is 24.6 Å². The van der Waals surface area contributed by atoms with E-state index < -0.39 is 11.9 Å². The van der Waals surface area contributed by atoms with Gasteiger partial charge in [-0.15, -0.1) is 0 Å². The Hall–Kier alpha value is -1.36. The van der Waals surface area contributed by atoms with Gasteiger partial charge in [-0.1, -0.05) is 22.0 Å². The minimum atomic E-state index is -0.649. The molecule has 1 aromatic rings. The Balaban J connectivity index is 2.11. The maximum absolute atomic E-state index is 11.8. The van der Waals surface area contributed by atoms with E-state index in [1.807, 2.05) is 29.2 Å². The summed E-state index contributed by atoms with van der Waals surface area (Å²) < 4.78 is 5.86. The maximum Gasteiger partial charge on any atom is 0.318 e. The Labute approximate surface area is 114 Å². The Kier molecular flexibility index (Phi) is 4.01. The second kappa shape index (κ2) is 5.52. The van der Waals surface area contributed by atoms with Crippen molar-refractivity contribution in [1.82, 2.24) is 0 Å². The van der Waals surface area contributed by atoms with E-state index in [0.29, 0.717) is 13.2 Å². The number of carbonyl (C=O) groups excluding carboxylic acids is 2. The lowest BCUT2D eigenvalue weighted by Crippen LogP contribution is -2.25. The topological polar surface area (TPSA) is 46.6 Å². The zero-order chi connectivity index (χ0) is 13.1. The van der Waals surface area contributed by atoms with Crippen LogP contribution < -0.4 is 4.90 Å². The van der Waals surface area contributed by atoms with Crippen LogP contribution in [0.2, 0.25) is 0 Å². The van der Waals surface area contributed by atoms with E-state index in [2.05, 4.69) is 15.9 Å². The molecule has 0 spiro atoms. The van der Waals surface area contributed by atoms with Crippen molar-refractivity contribution in [2.45, 2.75) is 6.92 Å². The van der Waals surface area contributed by atoms with E-state index in [0.717, 1.165) is 10.2 Å². The summed E-state index contributed by atoms with van der Waals surface area (Å²) in [6.45, 7) is 2.71. The summed E-state index contributed by atoms with van der Waals surface area (Å²) >= 11 is 3.39. The molecule has 1 atom stereocenters. The van der Waals surface area contributed by atoms with Crippen LogP contribution in [-0.2, 0) is 14.3 Å². The van der Waals surface area contributed by atoms with Crippen LogP contribution in [0.3, 0.4) is 0 Å². The van der Waals surface area contributed by atoms with Gasteiger partial charge in [-0.25, -0.2) is 0 Å². The predicted molar refractivity (Wildman–Crippen MR) is 71.5 cm³/mol. The van der Waals surface area contributed by atoms with Crippen LogP contribution in [-0.4, -0.2) is 31.4 Å². The van der Waals surface area contributed by atoms with E-state index >= 15 is 0 Å². The van der Waals surface area contributed by atoms with Crippen LogP contribution in [0.5, 0.6) is 0 Å². The number of carbonyl (C=O) groups is 2. The van der Waals surface area contributed by atoms with Crippen molar-refractivity contribution in [3.63, 3.8) is 0 Å². The summed E-state index contributed by atoms with van der Waals surface area (Å²) in [5.74, 6) is -1.14. The van der Waals surface area contributed by atoms with Crippen LogP contribution in [0.15, 0.2) is 28.7 Å². The molecule has 1 saturated heterocycles. The molecule has 1 aromatic carbocycles. The van der Waals surface area contributed by atoms with Gasteiger partial charge in [0.1, 0.15) is 5.92 Å². The Morgan fingerprint density at radius 1 is 1.56 bits per heavy atom. The number of hydrogen-bond acceptors (Lipinski definition) is 4. The first-order valence-electron chi connectivity index (χ1n) is 5.81. The molecule has 0 amide bonds. The number of ether oxygens (including phenoxy) is 1. The average molecular weight is 312 g/mol. The van der Waals surface area contributed by atoms with E-state index in [1.165, 1.54) is 0 Å². The third kappa shape index (κ3) is 2.72. The summed E-state index contributed by atoms with van der Waals surface area (Å²) in [4.78, 5) is 25.3. The fourth-order valence-electron chi connectivity index (χ4n) is 2.00. The molecule has 1 aliphatic rings. The van der Waals surface area contributed by atoms with Gasteiger partial charge >= 0.3 is 5.97 Å². The molecule has 4 nitrogen and oxygen atoms in total. The lowest BCUT2D eigenvalue weighted by atomic mass is 10.1. The third-order valence-electron chi connectivity index (χ3n) is 2.88. The van der Waals surface area contributed by atoms with E-state index in [4.69, 9.17) is 4.74 Å². The van der Waals surface area contributed by atoms with Crippen molar-refractivity contribution >= 4 is 33.4 Å². The number of nitrogens with zero attached hydrogens (tertiary/aromatic N) is 1. The molecule has 1 heterocycles. The van der Waals surface area contributed by atoms with Gasteiger partial charge in [0, 0.05) is 16.7 Å². The standard InChI is InChI=1S/C13H14BrNO3/c1-2-18-13(17)11-7-15(8-12(11)16)10-5-3-4-9(14)6-10/h3-6,11H,2,7-8H2,1H3. The number of esters is 1. The summed E-state index contributed by atoms with van der Waals surface area (Å²) in [6, 6.07) is 7.68. The number of rotatable bonds is 3. The lowest BCUT2D eigenvalue weighted by Gasteiger charge is -2.17. The minimum Gasteiger partial charge on any atom is -0.465 e. The number of ketones is 1. The summed E-state index contributed by atoms with van der Waals surface area (Å²) in [5.41, 5.74) is 0.935. The Morgan fingerprint density at radius 3 is 3.00 bits per heavy atom. The summed E-state index contributed by atoms with van der Waals surface area (Å²) in [7, 11) is 0. The van der Waals surface area contributed by atoms with Crippen LogP contribution in [0, 0.1) is 5.92 Å². The molecule has 0 aliphatic carbocycles. The van der Waals surface area contributed by atoms with Gasteiger partial charge in [0.15, 0.2) is 5.78 Å². The number of hydrogen-bond donors (Lipinski definition) is 0. The van der Waals surface area contributed by atoms with E-state index in [-0.39, 0.29) is 12.3 Å². The number of anilines is 1. The van der Waals surface area contributed by atoms with Gasteiger partial charge in [-0.3, -0.25) is 9.59 Å². The molecule has 1 unspecified atom stereocenters. The Morgan fingerprint density at radius 2 is 2.33 bits per heavy atom. The highest BCUT2D eigenvalue weighted by molar-refractivity contribution is 9.10. The van der Waals surface area contributed by atoms with Crippen molar-refractivity contribution in [1.29, 1.82) is 0 Å². The second-order valence-electron chi connectivity index (χ2n) is 4.13. The second-order valence-corrected chi connectivity index (χ2v) is 5.05. The maximum atomic E-state index is 11.8. The molecule has 1 aliphatic heterocycles. The van der Waals surface area contributed by atoms with Gasteiger partial charge in [0.25, 0.3) is 0 Å². The molecule has 0 N–H and O–H groups in total. The van der Waals surface area contributed by atoms with Crippen LogP contribution in [0.25, 0.3) is 0 Å². The molecular formula is C13H14BrNO3. The molecule has 0 radical (unpaired) electrons. The van der Waals surface area contributed by atoms with Gasteiger partial charge in [-0.05, 0) is 25.1 Å². The molecule has 18 heavy (non-hydrogen) atoms. The first kappa shape index (κ1) is 13.1. The van der Waals surface area contributed by atoms with Crippen LogP contribution in [0.4, 0.5) is 5.69 Å². The highest BCUT2D eigenvalue weighted by atomic mass is 79.9. The highest BCUT2D eigenvalue weighted by Gasteiger charge is 2.37. The number of benzene rings is 1. The molecular weight excluding hydrogens is 298 g/mol. The van der Waals surface area contributed by atoms with Gasteiger partial charge < -0.3 is 9.64 Å². The molecule has 0 saturated carbocycles. The first-order valence-corrected chi connectivity index (χ1v) is 6.61. The first-order chi connectivity index (χ1) is 8.61. The Bertz CT molecular complexity index is 475. The number of halogens is 1. The minimum absolute atomic E-state index is 0.0755. The van der Waals surface area contributed by atoms with Gasteiger partial charge in [-0.2, -0.15) is 0 Å². The SMILES string of the molecule is CCOC(=O)C1CN(c2cccc(Br)c2)CC1=O. The normalized spacial score (nSPS) is 19.1. The fraction of sp³-hybridized carbons (Fsp3) is 0.385. The van der Waals surface area contributed by atoms with Crippen LogP contribution in [0.1, 0.15) is 6.92 Å². The van der Waals surface area contributed by atoms with Crippen molar-refractivity contribution in [3.05, 3.63) is 28.7 Å². The molecule has 2 rings (SSSR count). The summed E-state index contributed by atoms with van der Waals surface area (Å²) in [5, 5.41) is 0. The number of Topliss-reactive ketones (excluding diaryl/α,β-unsaturated/α-hetero) is 1. The zero-order valence-corrected chi connectivity index (χ0v) is 11.6. The van der Waals surface area contributed by atoms with E-state index in [1.54, 1.807) is 6.92 Å². The lowest BCUT2D eigenvalue weighted by molar-refractivity contribution is -0.149. The molecule has 1 fully saturated rings. The monoisotopic (exact) mass is 311 g/mol. The third-order valence-corrected chi connectivity index (χ3v) is 3.38. The molecule has 0 aromatic heterocycles. The van der Waals surface area contributed by atoms with Crippen molar-refractivity contribution in [3.8, 4) is 0 Å². The molecule has 0 bridgehead atoms. The predicted octanol–water partition coefficient (Wildman–Crippen LogP) is 2.02. The largest absolute Gasteiger partial charge is 0.465 e. The molecule has 5 heteroatoms. The van der Waals surface area contributed by atoms with Crippen LogP contribution >= 0.6 is 15.9 Å². The van der Waals surface area contributed by atoms with E-state index in [9.17, 15) is 9.59 Å². The molecule has 96 valence electrons. The summed E-state index contributed by atoms with van der Waals surface area (Å²) in [6.07, 6.45) is 0. The smallest absolute Gasteiger partial charge is 0.318 e. The van der Waals surface area contributed by atoms with Crippen molar-refractivity contribution < 1.29 is 14.3 Å². The zero-order valence-electron chi connectivity index (χ0n) is 10.1. The average Bonchev–Trinajstić information content (AvgIpc) is 2.72. The van der Waals surface area contributed by atoms with Gasteiger partial charge in [0.05, 0.1) is 13.2 Å².